The number of rotatable bonds is 7. The first-order valence-corrected chi connectivity index (χ1v) is 6.87. The third-order valence-corrected chi connectivity index (χ3v) is 3.48. The molecule has 1 saturated heterocycles. The normalized spacial score (nSPS) is 21.2. The second-order valence-electron chi connectivity index (χ2n) is 5.12. The molecule has 0 bridgehead atoms. The maximum atomic E-state index is 11.4. The molecule has 0 aromatic rings. The fourth-order valence-corrected chi connectivity index (χ4v) is 2.07. The van der Waals surface area contributed by atoms with Gasteiger partial charge in [-0.2, -0.15) is 0 Å². The van der Waals surface area contributed by atoms with Crippen molar-refractivity contribution in [2.24, 2.45) is 0 Å². The molecule has 0 saturated carbocycles. The van der Waals surface area contributed by atoms with Crippen LogP contribution in [0.2, 0.25) is 0 Å². The minimum Gasteiger partial charge on any atom is -0.480 e. The van der Waals surface area contributed by atoms with Crippen LogP contribution in [0.5, 0.6) is 0 Å². The van der Waals surface area contributed by atoms with Gasteiger partial charge in [-0.15, -0.1) is 0 Å². The van der Waals surface area contributed by atoms with Crippen molar-refractivity contribution in [3.63, 3.8) is 0 Å². The lowest BCUT2D eigenvalue weighted by atomic mass is 9.97. The van der Waals surface area contributed by atoms with Gasteiger partial charge in [0.1, 0.15) is 5.54 Å². The molecule has 1 fully saturated rings. The number of nitrogens with one attached hydrogen (secondary N) is 1. The topological polar surface area (TPSA) is 61.8 Å². The van der Waals surface area contributed by atoms with Gasteiger partial charge in [0.05, 0.1) is 6.61 Å². The Hall–Kier alpha value is -0.650. The highest BCUT2D eigenvalue weighted by Crippen LogP contribution is 2.12. The highest BCUT2D eigenvalue weighted by molar-refractivity contribution is 5.78. The lowest BCUT2D eigenvalue weighted by Gasteiger charge is -2.29. The molecule has 0 aromatic heterocycles. The molecule has 1 heterocycles. The Balaban J connectivity index is 2.42. The van der Waals surface area contributed by atoms with Gasteiger partial charge in [-0.1, -0.05) is 6.92 Å². The minimum absolute atomic E-state index is 0.627. The summed E-state index contributed by atoms with van der Waals surface area (Å²) in [5, 5.41) is 12.5. The van der Waals surface area contributed by atoms with Gasteiger partial charge in [0.15, 0.2) is 0 Å². The van der Waals surface area contributed by atoms with E-state index >= 15 is 0 Å². The van der Waals surface area contributed by atoms with Crippen LogP contribution in [0.1, 0.15) is 33.1 Å². The summed E-state index contributed by atoms with van der Waals surface area (Å²) in [6.07, 6.45) is 2.61. The van der Waals surface area contributed by atoms with E-state index < -0.39 is 11.5 Å². The third kappa shape index (κ3) is 4.92. The van der Waals surface area contributed by atoms with Crippen molar-refractivity contribution < 1.29 is 14.6 Å². The quantitative estimate of drug-likeness (QED) is 0.711. The van der Waals surface area contributed by atoms with Crippen LogP contribution in [-0.2, 0) is 9.53 Å². The highest BCUT2D eigenvalue weighted by atomic mass is 16.5. The van der Waals surface area contributed by atoms with Crippen molar-refractivity contribution in [1.82, 2.24) is 10.2 Å². The predicted molar refractivity (Wildman–Crippen MR) is 70.8 cm³/mol. The molecule has 0 spiro atoms. The van der Waals surface area contributed by atoms with Gasteiger partial charge in [0.2, 0.25) is 0 Å². The van der Waals surface area contributed by atoms with Gasteiger partial charge < -0.3 is 20.1 Å². The van der Waals surface area contributed by atoms with Gasteiger partial charge >= 0.3 is 5.97 Å². The third-order valence-electron chi connectivity index (χ3n) is 3.48. The number of nitrogens with zero attached hydrogens (tertiary/aromatic N) is 1. The number of hydrogen-bond donors (Lipinski definition) is 2. The average molecular weight is 258 g/mol. The Kier molecular flexibility index (Phi) is 6.60. The second kappa shape index (κ2) is 7.71. The van der Waals surface area contributed by atoms with E-state index in [1.54, 1.807) is 6.92 Å². The zero-order valence-corrected chi connectivity index (χ0v) is 11.6. The predicted octanol–water partition coefficient (Wildman–Crippen LogP) is 0.942. The molecule has 0 radical (unpaired) electrons. The molecular weight excluding hydrogens is 232 g/mol. The minimum atomic E-state index is -0.816. The summed E-state index contributed by atoms with van der Waals surface area (Å²) in [7, 11) is 0. The van der Waals surface area contributed by atoms with Crippen LogP contribution in [0.25, 0.3) is 0 Å². The van der Waals surface area contributed by atoms with E-state index in [4.69, 9.17) is 4.74 Å². The standard InChI is InChI=1S/C13H26N2O3/c1-3-6-14-13(2,12(16)17)5-8-15-7-4-10-18-11-9-15/h14H,3-11H2,1-2H3,(H,16,17). The molecule has 1 atom stereocenters. The Morgan fingerprint density at radius 3 is 2.89 bits per heavy atom. The van der Waals surface area contributed by atoms with Crippen molar-refractivity contribution in [2.45, 2.75) is 38.6 Å². The number of aliphatic carboxylic acids is 1. The van der Waals surface area contributed by atoms with Crippen LogP contribution < -0.4 is 5.32 Å². The first-order chi connectivity index (χ1) is 8.58. The van der Waals surface area contributed by atoms with E-state index in [0.717, 1.165) is 52.2 Å². The molecule has 18 heavy (non-hydrogen) atoms. The van der Waals surface area contributed by atoms with E-state index in [-0.39, 0.29) is 0 Å². The van der Waals surface area contributed by atoms with Gasteiger partial charge in [0, 0.05) is 26.2 Å². The van der Waals surface area contributed by atoms with Crippen molar-refractivity contribution >= 4 is 5.97 Å². The van der Waals surface area contributed by atoms with Crippen LogP contribution in [-0.4, -0.2) is 60.9 Å². The summed E-state index contributed by atoms with van der Waals surface area (Å²) in [6.45, 7) is 8.86. The number of carboxylic acids is 1. The SMILES string of the molecule is CCCNC(C)(CCN1CCCOCC1)C(=O)O. The van der Waals surface area contributed by atoms with Crippen molar-refractivity contribution in [3.05, 3.63) is 0 Å². The summed E-state index contributed by atoms with van der Waals surface area (Å²) in [5.74, 6) is -0.762. The molecule has 5 nitrogen and oxygen atoms in total. The first kappa shape index (κ1) is 15.4. The molecule has 0 aliphatic carbocycles. The molecule has 0 amide bonds. The zero-order valence-electron chi connectivity index (χ0n) is 11.6. The lowest BCUT2D eigenvalue weighted by molar-refractivity contribution is -0.144. The molecule has 106 valence electrons. The Morgan fingerprint density at radius 1 is 1.44 bits per heavy atom. The van der Waals surface area contributed by atoms with Crippen molar-refractivity contribution in [1.29, 1.82) is 0 Å². The average Bonchev–Trinajstić information content (AvgIpc) is 2.62. The monoisotopic (exact) mass is 258 g/mol. The van der Waals surface area contributed by atoms with Crippen molar-refractivity contribution in [2.75, 3.05) is 39.4 Å². The lowest BCUT2D eigenvalue weighted by Crippen LogP contribution is -2.51. The van der Waals surface area contributed by atoms with E-state index in [0.29, 0.717) is 6.42 Å². The maximum absolute atomic E-state index is 11.4. The largest absolute Gasteiger partial charge is 0.480 e. The molecule has 1 aliphatic rings. The molecule has 1 unspecified atom stereocenters. The first-order valence-electron chi connectivity index (χ1n) is 6.87. The summed E-state index contributed by atoms with van der Waals surface area (Å²) < 4.78 is 5.40. The Bertz CT molecular complexity index is 253. The van der Waals surface area contributed by atoms with Crippen LogP contribution in [0.3, 0.4) is 0 Å². The summed E-state index contributed by atoms with van der Waals surface area (Å²) in [5.41, 5.74) is -0.816. The Morgan fingerprint density at radius 2 is 2.22 bits per heavy atom. The number of carboxylic acid groups (broad SMARTS) is 1. The maximum Gasteiger partial charge on any atom is 0.323 e. The van der Waals surface area contributed by atoms with E-state index in [2.05, 4.69) is 10.2 Å². The van der Waals surface area contributed by atoms with Crippen molar-refractivity contribution in [3.8, 4) is 0 Å². The van der Waals surface area contributed by atoms with E-state index in [9.17, 15) is 9.90 Å². The zero-order chi connectivity index (χ0) is 13.4. The van der Waals surface area contributed by atoms with Gasteiger partial charge in [-0.05, 0) is 32.7 Å². The van der Waals surface area contributed by atoms with Gasteiger partial charge in [-0.3, -0.25) is 4.79 Å². The second-order valence-corrected chi connectivity index (χ2v) is 5.12. The molecule has 5 heteroatoms. The van der Waals surface area contributed by atoms with Gasteiger partial charge in [-0.25, -0.2) is 0 Å². The molecule has 2 N–H and O–H groups in total. The molecule has 1 aliphatic heterocycles. The number of ether oxygens (including phenoxy) is 1. The summed E-state index contributed by atoms with van der Waals surface area (Å²) in [4.78, 5) is 13.7. The molecule has 0 aromatic carbocycles. The number of carbonyl (C=O) groups is 1. The smallest absolute Gasteiger partial charge is 0.323 e. The summed E-state index contributed by atoms with van der Waals surface area (Å²) in [6, 6.07) is 0. The van der Waals surface area contributed by atoms with Crippen LogP contribution >= 0.6 is 0 Å². The van der Waals surface area contributed by atoms with E-state index in [1.165, 1.54) is 0 Å². The van der Waals surface area contributed by atoms with Gasteiger partial charge in [0.25, 0.3) is 0 Å². The van der Waals surface area contributed by atoms with E-state index in [1.807, 2.05) is 6.92 Å². The molecular formula is C13H26N2O3. The Labute approximate surface area is 109 Å². The number of hydrogen-bond acceptors (Lipinski definition) is 4. The van der Waals surface area contributed by atoms with Crippen LogP contribution in [0, 0.1) is 0 Å². The highest BCUT2D eigenvalue weighted by Gasteiger charge is 2.32. The summed E-state index contributed by atoms with van der Waals surface area (Å²) >= 11 is 0. The van der Waals surface area contributed by atoms with Crippen LogP contribution in [0.4, 0.5) is 0 Å². The fraction of sp³-hybridized carbons (Fsp3) is 0.923. The fourth-order valence-electron chi connectivity index (χ4n) is 2.07. The van der Waals surface area contributed by atoms with Crippen LogP contribution in [0.15, 0.2) is 0 Å². The molecule has 1 rings (SSSR count).